The summed E-state index contributed by atoms with van der Waals surface area (Å²) in [5.74, 6) is 0. The maximum Gasteiger partial charge on any atom is 0.488 e. The summed E-state index contributed by atoms with van der Waals surface area (Å²) in [5.41, 5.74) is -0.556. The first-order valence-electron chi connectivity index (χ1n) is 3.99. The Balaban J connectivity index is 2.89. The van der Waals surface area contributed by atoms with Gasteiger partial charge in [-0.1, -0.05) is 24.3 Å². The molecule has 0 spiro atoms. The molecule has 1 aromatic carbocycles. The minimum atomic E-state index is -4.95. The summed E-state index contributed by atoms with van der Waals surface area (Å²) in [6.07, 6.45) is -8.00. The van der Waals surface area contributed by atoms with E-state index in [1.54, 1.807) is 0 Å². The molecule has 0 bridgehead atoms. The summed E-state index contributed by atoms with van der Waals surface area (Å²) < 4.78 is 48.5. The molecule has 0 heterocycles. The van der Waals surface area contributed by atoms with Crippen LogP contribution in [0.25, 0.3) is 0 Å². The fraction of sp³-hybridized carbons (Fsp3) is 0.250. The number of benzene rings is 1. The Morgan fingerprint density at radius 1 is 1.07 bits per heavy atom. The Morgan fingerprint density at radius 2 is 1.53 bits per heavy atom. The van der Waals surface area contributed by atoms with Crippen LogP contribution in [0.1, 0.15) is 11.7 Å². The van der Waals surface area contributed by atoms with Crippen molar-refractivity contribution in [3.05, 3.63) is 29.8 Å². The first kappa shape index (κ1) is 12.0. The van der Waals surface area contributed by atoms with Crippen molar-refractivity contribution >= 4 is 12.6 Å². The lowest BCUT2D eigenvalue weighted by Crippen LogP contribution is -2.29. The average molecular weight is 222 g/mol. The second-order valence-electron chi connectivity index (χ2n) is 2.94. The normalized spacial score (nSPS) is 13.7. The van der Waals surface area contributed by atoms with Crippen molar-refractivity contribution in [3.8, 4) is 0 Å². The first-order chi connectivity index (χ1) is 6.82. The van der Waals surface area contributed by atoms with Crippen molar-refractivity contribution in [2.75, 3.05) is 0 Å². The zero-order valence-electron chi connectivity index (χ0n) is 7.37. The SMILES string of the molecule is OB(O)c1ccc(C(F)C(F)(F)F)cc1. The van der Waals surface area contributed by atoms with Crippen LogP contribution in [0.5, 0.6) is 0 Å². The van der Waals surface area contributed by atoms with Gasteiger partial charge in [-0.3, -0.25) is 0 Å². The number of halogens is 4. The van der Waals surface area contributed by atoms with E-state index in [1.165, 1.54) is 0 Å². The second-order valence-corrected chi connectivity index (χ2v) is 2.94. The molecule has 1 unspecified atom stereocenters. The topological polar surface area (TPSA) is 40.5 Å². The van der Waals surface area contributed by atoms with Crippen LogP contribution in [0.2, 0.25) is 0 Å². The molecule has 82 valence electrons. The van der Waals surface area contributed by atoms with Gasteiger partial charge in [-0.25, -0.2) is 4.39 Å². The van der Waals surface area contributed by atoms with E-state index in [-0.39, 0.29) is 5.46 Å². The molecule has 7 heteroatoms. The van der Waals surface area contributed by atoms with Gasteiger partial charge in [0.05, 0.1) is 0 Å². The van der Waals surface area contributed by atoms with Gasteiger partial charge in [0.2, 0.25) is 6.17 Å². The molecule has 2 nitrogen and oxygen atoms in total. The third-order valence-corrected chi connectivity index (χ3v) is 1.81. The summed E-state index contributed by atoms with van der Waals surface area (Å²) in [7, 11) is -1.78. The number of rotatable bonds is 2. The zero-order valence-corrected chi connectivity index (χ0v) is 7.37. The summed E-state index contributed by atoms with van der Waals surface area (Å²) in [6.45, 7) is 0. The molecule has 2 N–H and O–H groups in total. The molecule has 1 rings (SSSR count). The monoisotopic (exact) mass is 222 g/mol. The van der Waals surface area contributed by atoms with Crippen molar-refractivity contribution in [3.63, 3.8) is 0 Å². The van der Waals surface area contributed by atoms with E-state index in [1.807, 2.05) is 0 Å². The molecule has 1 aromatic rings. The van der Waals surface area contributed by atoms with E-state index in [9.17, 15) is 17.6 Å². The van der Waals surface area contributed by atoms with E-state index in [2.05, 4.69) is 0 Å². The fourth-order valence-electron chi connectivity index (χ4n) is 1.03. The fourth-order valence-corrected chi connectivity index (χ4v) is 1.03. The largest absolute Gasteiger partial charge is 0.488 e. The third kappa shape index (κ3) is 2.94. The molecule has 0 amide bonds. The van der Waals surface area contributed by atoms with E-state index >= 15 is 0 Å². The van der Waals surface area contributed by atoms with Gasteiger partial charge < -0.3 is 10.0 Å². The quantitative estimate of drug-likeness (QED) is 0.577. The van der Waals surface area contributed by atoms with Crippen molar-refractivity contribution < 1.29 is 27.6 Å². The van der Waals surface area contributed by atoms with Crippen molar-refractivity contribution in [1.29, 1.82) is 0 Å². The van der Waals surface area contributed by atoms with Gasteiger partial charge >= 0.3 is 13.3 Å². The molecule has 0 saturated heterocycles. The van der Waals surface area contributed by atoms with Gasteiger partial charge in [-0.15, -0.1) is 0 Å². The van der Waals surface area contributed by atoms with E-state index in [0.717, 1.165) is 24.3 Å². The maximum absolute atomic E-state index is 12.7. The van der Waals surface area contributed by atoms with Crippen LogP contribution < -0.4 is 5.46 Å². The number of hydrogen-bond acceptors (Lipinski definition) is 2. The van der Waals surface area contributed by atoms with Crippen LogP contribution >= 0.6 is 0 Å². The molecular formula is C8H7BF4O2. The van der Waals surface area contributed by atoms with Gasteiger partial charge in [-0.2, -0.15) is 13.2 Å². The highest BCUT2D eigenvalue weighted by Crippen LogP contribution is 2.35. The van der Waals surface area contributed by atoms with Gasteiger partial charge in [-0.05, 0) is 11.0 Å². The molecule has 0 radical (unpaired) electrons. The minimum Gasteiger partial charge on any atom is -0.423 e. The zero-order chi connectivity index (χ0) is 11.6. The molecular weight excluding hydrogens is 215 g/mol. The second kappa shape index (κ2) is 4.20. The summed E-state index contributed by atoms with van der Waals surface area (Å²) in [6, 6.07) is 3.79. The van der Waals surface area contributed by atoms with Crippen molar-refractivity contribution in [1.82, 2.24) is 0 Å². The highest BCUT2D eigenvalue weighted by atomic mass is 19.4. The first-order valence-corrected chi connectivity index (χ1v) is 3.99. The van der Waals surface area contributed by atoms with Crippen LogP contribution in [0.4, 0.5) is 17.6 Å². The van der Waals surface area contributed by atoms with Crippen LogP contribution in [-0.2, 0) is 0 Å². The van der Waals surface area contributed by atoms with Crippen molar-refractivity contribution in [2.45, 2.75) is 12.3 Å². The number of hydrogen-bond donors (Lipinski definition) is 2. The standard InChI is InChI=1S/C8H7BF4O2/c10-7(8(11,12)13)5-1-3-6(4-2-5)9(14)15/h1-4,7,14-15H. The highest BCUT2D eigenvalue weighted by Gasteiger charge is 2.41. The van der Waals surface area contributed by atoms with Crippen LogP contribution in [-0.4, -0.2) is 23.3 Å². The molecule has 0 aliphatic heterocycles. The molecule has 0 aliphatic rings. The maximum atomic E-state index is 12.7. The Kier molecular flexibility index (Phi) is 3.36. The van der Waals surface area contributed by atoms with Crippen LogP contribution in [0.3, 0.4) is 0 Å². The smallest absolute Gasteiger partial charge is 0.423 e. The van der Waals surface area contributed by atoms with Gasteiger partial charge in [0, 0.05) is 0 Å². The van der Waals surface area contributed by atoms with Crippen LogP contribution in [0.15, 0.2) is 24.3 Å². The van der Waals surface area contributed by atoms with Gasteiger partial charge in [0.25, 0.3) is 0 Å². The molecule has 0 aliphatic carbocycles. The summed E-state index contributed by atoms with van der Waals surface area (Å²) >= 11 is 0. The minimum absolute atomic E-state index is 0.00752. The average Bonchev–Trinajstić information content (AvgIpc) is 2.15. The Bertz CT molecular complexity index is 322. The van der Waals surface area contributed by atoms with Crippen LogP contribution in [0, 0.1) is 0 Å². The highest BCUT2D eigenvalue weighted by molar-refractivity contribution is 6.58. The Hall–Kier alpha value is -1.08. The molecule has 0 saturated carbocycles. The Labute approximate surface area is 83.3 Å². The molecule has 0 fully saturated rings. The molecule has 1 atom stereocenters. The summed E-state index contributed by atoms with van der Waals surface area (Å²) in [4.78, 5) is 0. The third-order valence-electron chi connectivity index (χ3n) is 1.81. The van der Waals surface area contributed by atoms with Crippen molar-refractivity contribution in [2.24, 2.45) is 0 Å². The van der Waals surface area contributed by atoms with E-state index in [4.69, 9.17) is 10.0 Å². The number of alkyl halides is 4. The predicted molar refractivity (Wildman–Crippen MR) is 46.2 cm³/mol. The predicted octanol–water partition coefficient (Wildman–Crippen LogP) is 0.939. The van der Waals surface area contributed by atoms with E-state index < -0.39 is 25.0 Å². The lowest BCUT2D eigenvalue weighted by atomic mass is 9.80. The Morgan fingerprint density at radius 3 is 1.87 bits per heavy atom. The van der Waals surface area contributed by atoms with Gasteiger partial charge in [0.15, 0.2) is 0 Å². The lowest BCUT2D eigenvalue weighted by Gasteiger charge is -2.12. The van der Waals surface area contributed by atoms with Gasteiger partial charge in [0.1, 0.15) is 0 Å². The molecule has 0 aromatic heterocycles. The molecule has 15 heavy (non-hydrogen) atoms. The van der Waals surface area contributed by atoms with E-state index in [0.29, 0.717) is 0 Å². The summed E-state index contributed by atoms with van der Waals surface area (Å²) in [5, 5.41) is 17.3. The lowest BCUT2D eigenvalue weighted by molar-refractivity contribution is -0.182.